The number of quaternary nitrogens is 1. The smallest absolute Gasteiger partial charge is 0.391 e. The van der Waals surface area contributed by atoms with Gasteiger partial charge in [-0.25, -0.2) is 4.57 Å². The summed E-state index contributed by atoms with van der Waals surface area (Å²) in [6, 6.07) is -0.767. The molecule has 0 aromatic heterocycles. The molecule has 3 unspecified atom stereocenters. The number of hydrogen-bond donors (Lipinski definition) is 3. The lowest BCUT2D eigenvalue weighted by Gasteiger charge is -2.26. The Morgan fingerprint density at radius 2 is 0.882 bits per heavy atom. The lowest BCUT2D eigenvalue weighted by molar-refractivity contribution is -0.870. The van der Waals surface area contributed by atoms with Crippen LogP contribution in [0, 0.1) is 0 Å². The van der Waals surface area contributed by atoms with Gasteiger partial charge in [0.1, 0.15) is 13.2 Å². The summed E-state index contributed by atoms with van der Waals surface area (Å²) in [5.74, 6) is -0.154. The first-order valence-electron chi connectivity index (χ1n) is 27.6. The number of nitrogens with one attached hydrogen (secondary N) is 1. The van der Waals surface area contributed by atoms with E-state index in [1.165, 1.54) is 96.3 Å². The third-order valence-corrected chi connectivity index (χ3v) is 12.8. The van der Waals surface area contributed by atoms with Crippen molar-refractivity contribution in [1.29, 1.82) is 0 Å². The minimum absolute atomic E-state index is 0.0696. The maximum Gasteiger partial charge on any atom is 0.472 e. The Labute approximate surface area is 419 Å². The van der Waals surface area contributed by atoms with Crippen LogP contribution >= 0.6 is 7.82 Å². The fourth-order valence-electron chi connectivity index (χ4n) is 7.53. The number of hydrogen-bond acceptors (Lipinski definition) is 5. The second-order valence-electron chi connectivity index (χ2n) is 19.6. The number of phosphoric ester groups is 1. The molecule has 0 spiro atoms. The minimum Gasteiger partial charge on any atom is -0.391 e. The largest absolute Gasteiger partial charge is 0.472 e. The zero-order chi connectivity index (χ0) is 49.9. The number of aliphatic hydroxyl groups excluding tert-OH is 1. The SMILES string of the molecule is CC/C=C\C/C=C\C/C=C\C/C=C\C/C=C\C/C=C\C/C=C\C/C=C\CCCCCCCCCCCCC(=O)NC(COP(=O)(O)OCC[N+](C)(C)C)C(O)CCCCCCCCCCCCC. The molecule has 0 fully saturated rings. The van der Waals surface area contributed by atoms with Gasteiger partial charge in [0, 0.05) is 6.42 Å². The molecule has 0 aliphatic carbocycles. The van der Waals surface area contributed by atoms with Crippen LogP contribution in [0.5, 0.6) is 0 Å². The van der Waals surface area contributed by atoms with E-state index in [1.807, 2.05) is 21.1 Å². The van der Waals surface area contributed by atoms with E-state index in [-0.39, 0.29) is 19.1 Å². The first-order chi connectivity index (χ1) is 33.0. The molecule has 0 radical (unpaired) electrons. The fraction of sp³-hybridized carbons (Fsp3) is 0.712. The van der Waals surface area contributed by atoms with Crippen molar-refractivity contribution in [3.8, 4) is 0 Å². The van der Waals surface area contributed by atoms with Gasteiger partial charge in [0.05, 0.1) is 39.9 Å². The number of amides is 1. The predicted molar refractivity (Wildman–Crippen MR) is 295 cm³/mol. The van der Waals surface area contributed by atoms with Gasteiger partial charge in [-0.15, -0.1) is 0 Å². The van der Waals surface area contributed by atoms with E-state index in [0.29, 0.717) is 23.9 Å². The Morgan fingerprint density at radius 1 is 0.515 bits per heavy atom. The van der Waals surface area contributed by atoms with Crippen molar-refractivity contribution in [2.45, 2.75) is 231 Å². The summed E-state index contributed by atoms with van der Waals surface area (Å²) in [7, 11) is 1.60. The Balaban J connectivity index is 4.08. The molecule has 3 atom stereocenters. The average molecular weight is 970 g/mol. The lowest BCUT2D eigenvalue weighted by atomic mass is 10.0. The normalized spacial score (nSPS) is 14.8. The Morgan fingerprint density at radius 3 is 1.29 bits per heavy atom. The van der Waals surface area contributed by atoms with Gasteiger partial charge in [0.25, 0.3) is 0 Å². The summed E-state index contributed by atoms with van der Waals surface area (Å²) in [5.41, 5.74) is 0. The Kier molecular flexibility index (Phi) is 47.5. The van der Waals surface area contributed by atoms with Crippen LogP contribution in [0.25, 0.3) is 0 Å². The summed E-state index contributed by atoms with van der Waals surface area (Å²) in [6.07, 6.45) is 70.3. The average Bonchev–Trinajstić information content (AvgIpc) is 3.30. The van der Waals surface area contributed by atoms with E-state index < -0.39 is 20.0 Å². The van der Waals surface area contributed by atoms with Gasteiger partial charge in [0.15, 0.2) is 0 Å². The van der Waals surface area contributed by atoms with Crippen LogP contribution < -0.4 is 5.32 Å². The van der Waals surface area contributed by atoms with Crippen LogP contribution in [0.1, 0.15) is 219 Å². The summed E-state index contributed by atoms with van der Waals surface area (Å²) in [6.45, 7) is 4.75. The van der Waals surface area contributed by atoms with E-state index in [4.69, 9.17) is 9.05 Å². The van der Waals surface area contributed by atoms with Crippen molar-refractivity contribution in [2.75, 3.05) is 40.9 Å². The summed E-state index contributed by atoms with van der Waals surface area (Å²) in [5, 5.41) is 14.0. The maximum absolute atomic E-state index is 12.9. The van der Waals surface area contributed by atoms with Gasteiger partial charge < -0.3 is 19.8 Å². The van der Waals surface area contributed by atoms with Crippen molar-refractivity contribution < 1.29 is 32.9 Å². The number of aliphatic hydroxyl groups is 1. The number of phosphoric acid groups is 1. The molecule has 0 aliphatic heterocycles. The Bertz CT molecular complexity index is 1420. The van der Waals surface area contributed by atoms with Gasteiger partial charge >= 0.3 is 7.82 Å². The molecule has 9 heteroatoms. The van der Waals surface area contributed by atoms with Gasteiger partial charge in [-0.2, -0.15) is 0 Å². The molecule has 8 nitrogen and oxygen atoms in total. The van der Waals surface area contributed by atoms with Crippen molar-refractivity contribution in [3.05, 3.63) is 97.2 Å². The molecule has 0 aromatic carbocycles. The molecule has 68 heavy (non-hydrogen) atoms. The number of rotatable bonds is 49. The van der Waals surface area contributed by atoms with Gasteiger partial charge in [0.2, 0.25) is 5.91 Å². The quantitative estimate of drug-likeness (QED) is 0.0243. The molecule has 1 amide bonds. The van der Waals surface area contributed by atoms with Crippen LogP contribution in [0.3, 0.4) is 0 Å². The number of likely N-dealkylation sites (N-methyl/N-ethyl adjacent to an activating group) is 1. The molecule has 392 valence electrons. The third-order valence-electron chi connectivity index (χ3n) is 11.8. The summed E-state index contributed by atoms with van der Waals surface area (Å²) >= 11 is 0. The van der Waals surface area contributed by atoms with E-state index in [2.05, 4.69) is 116 Å². The minimum atomic E-state index is -4.32. The monoisotopic (exact) mass is 970 g/mol. The highest BCUT2D eigenvalue weighted by molar-refractivity contribution is 7.47. The van der Waals surface area contributed by atoms with Gasteiger partial charge in [-0.05, 0) is 77.0 Å². The molecule has 0 rings (SSSR count). The zero-order valence-corrected chi connectivity index (χ0v) is 45.5. The first-order valence-corrected chi connectivity index (χ1v) is 29.1. The molecule has 0 bridgehead atoms. The second-order valence-corrected chi connectivity index (χ2v) is 21.0. The zero-order valence-electron chi connectivity index (χ0n) is 44.6. The molecule has 0 saturated carbocycles. The van der Waals surface area contributed by atoms with E-state index in [0.717, 1.165) is 96.3 Å². The van der Waals surface area contributed by atoms with Crippen LogP contribution in [0.15, 0.2) is 97.2 Å². The molecular weight excluding hydrogens is 864 g/mol. The standard InChI is InChI=1S/C59H105N2O6P/c1-6-8-10-12-14-16-18-19-20-21-22-23-24-25-26-27-28-29-30-31-32-33-34-35-36-37-38-39-40-41-43-45-47-49-51-53-59(63)60-57(56-67-68(64,65)66-55-54-61(3,4)5)58(62)52-50-48-46-44-42-17-15-13-11-9-7-2/h8,10,14,16,19-20,22-23,25-26,28-29,31-32,34-35,57-58,62H,6-7,9,11-13,15,17-18,21,24,27,30,33,36-56H2,1-5H3,(H-,60,63,64,65)/p+1/b10-8-,16-14-,20-19-,23-22-,26-25-,29-28-,32-31-,35-34-. The second kappa shape index (κ2) is 49.4. The molecule has 0 saturated heterocycles. The van der Waals surface area contributed by atoms with Gasteiger partial charge in [-0.1, -0.05) is 233 Å². The van der Waals surface area contributed by atoms with Crippen LogP contribution in [0.2, 0.25) is 0 Å². The van der Waals surface area contributed by atoms with Crippen LogP contribution in [0.4, 0.5) is 0 Å². The molecule has 0 aromatic rings. The topological polar surface area (TPSA) is 105 Å². The van der Waals surface area contributed by atoms with E-state index in [1.54, 1.807) is 0 Å². The van der Waals surface area contributed by atoms with Gasteiger partial charge in [-0.3, -0.25) is 13.8 Å². The highest BCUT2D eigenvalue weighted by atomic mass is 31.2. The molecule has 3 N–H and O–H groups in total. The molecule has 0 heterocycles. The van der Waals surface area contributed by atoms with Crippen LogP contribution in [-0.4, -0.2) is 73.4 Å². The van der Waals surface area contributed by atoms with Crippen molar-refractivity contribution in [2.24, 2.45) is 0 Å². The molecular formula is C59H106N2O6P+. The number of allylic oxidation sites excluding steroid dienone is 16. The summed E-state index contributed by atoms with van der Waals surface area (Å²) < 4.78 is 23.7. The van der Waals surface area contributed by atoms with E-state index >= 15 is 0 Å². The summed E-state index contributed by atoms with van der Waals surface area (Å²) in [4.78, 5) is 23.2. The van der Waals surface area contributed by atoms with Crippen LogP contribution in [-0.2, 0) is 18.4 Å². The van der Waals surface area contributed by atoms with Crippen molar-refractivity contribution in [1.82, 2.24) is 5.32 Å². The third kappa shape index (κ3) is 51.3. The van der Waals surface area contributed by atoms with Crippen molar-refractivity contribution in [3.63, 3.8) is 0 Å². The number of carbonyl (C=O) groups excluding carboxylic acids is 1. The maximum atomic E-state index is 12.9. The Hall–Kier alpha value is -2.58. The number of unbranched alkanes of at least 4 members (excludes halogenated alkanes) is 20. The predicted octanol–water partition coefficient (Wildman–Crippen LogP) is 16.6. The lowest BCUT2D eigenvalue weighted by Crippen LogP contribution is -2.46. The first kappa shape index (κ1) is 65.4. The molecule has 0 aliphatic rings. The highest BCUT2D eigenvalue weighted by Gasteiger charge is 2.28. The number of carbonyl (C=O) groups is 1. The fourth-order valence-corrected chi connectivity index (χ4v) is 8.27. The van der Waals surface area contributed by atoms with E-state index in [9.17, 15) is 19.4 Å². The number of nitrogens with zero attached hydrogens (tertiary/aromatic N) is 1. The highest BCUT2D eigenvalue weighted by Crippen LogP contribution is 2.43. The van der Waals surface area contributed by atoms with Crippen molar-refractivity contribution >= 4 is 13.7 Å².